The maximum Gasteiger partial charge on any atom is 0.233 e. The summed E-state index contributed by atoms with van der Waals surface area (Å²) in [6, 6.07) is 12.2. The van der Waals surface area contributed by atoms with E-state index in [9.17, 15) is 9.59 Å². The Morgan fingerprint density at radius 1 is 0.914 bits per heavy atom. The van der Waals surface area contributed by atoms with E-state index in [2.05, 4.69) is 44.0 Å². The molecular formula is C25H31ClN6O2S. The van der Waals surface area contributed by atoms with Gasteiger partial charge in [0, 0.05) is 70.9 Å². The number of hydrogen-bond donors (Lipinski definition) is 0. The second-order valence-corrected chi connectivity index (χ2v) is 10.7. The van der Waals surface area contributed by atoms with Crippen molar-refractivity contribution in [1.82, 2.24) is 24.7 Å². The SMILES string of the molecule is O=C(CSc1nc(Cl)cc(N2CCN(C(=O)C3CC3)CC2)n1)N1CCN(Cc2ccccc2)CC1. The van der Waals surface area contributed by atoms with Crippen molar-refractivity contribution in [3.63, 3.8) is 0 Å². The molecule has 2 aliphatic heterocycles. The Kier molecular flexibility index (Phi) is 7.75. The Morgan fingerprint density at radius 3 is 2.29 bits per heavy atom. The van der Waals surface area contributed by atoms with Crippen molar-refractivity contribution >= 4 is 41.0 Å². The summed E-state index contributed by atoms with van der Waals surface area (Å²) in [6.07, 6.45) is 2.06. The summed E-state index contributed by atoms with van der Waals surface area (Å²) >= 11 is 7.62. The fourth-order valence-electron chi connectivity index (χ4n) is 4.57. The van der Waals surface area contributed by atoms with Gasteiger partial charge in [-0.1, -0.05) is 53.7 Å². The van der Waals surface area contributed by atoms with E-state index in [1.54, 1.807) is 6.07 Å². The summed E-state index contributed by atoms with van der Waals surface area (Å²) in [5.74, 6) is 1.70. The summed E-state index contributed by atoms with van der Waals surface area (Å²) in [4.78, 5) is 42.5. The maximum atomic E-state index is 12.8. The average molecular weight is 515 g/mol. The van der Waals surface area contributed by atoms with Crippen molar-refractivity contribution in [1.29, 1.82) is 0 Å². The first-order valence-electron chi connectivity index (χ1n) is 12.3. The number of amides is 2. The number of benzene rings is 1. The number of anilines is 1. The van der Waals surface area contributed by atoms with E-state index in [0.29, 0.717) is 35.1 Å². The van der Waals surface area contributed by atoms with Crippen molar-refractivity contribution in [2.24, 2.45) is 5.92 Å². The predicted octanol–water partition coefficient (Wildman–Crippen LogP) is 2.63. The molecule has 8 nitrogen and oxygen atoms in total. The van der Waals surface area contributed by atoms with E-state index in [1.165, 1.54) is 17.3 Å². The van der Waals surface area contributed by atoms with Gasteiger partial charge in [0.25, 0.3) is 0 Å². The topological polar surface area (TPSA) is 72.9 Å². The number of carbonyl (C=O) groups excluding carboxylic acids is 2. The zero-order valence-electron chi connectivity index (χ0n) is 19.8. The summed E-state index contributed by atoms with van der Waals surface area (Å²) in [7, 11) is 0. The summed E-state index contributed by atoms with van der Waals surface area (Å²) in [6.45, 7) is 6.98. The van der Waals surface area contributed by atoms with Crippen LogP contribution in [0.5, 0.6) is 0 Å². The van der Waals surface area contributed by atoms with Gasteiger partial charge in [0.15, 0.2) is 5.16 Å². The minimum Gasteiger partial charge on any atom is -0.353 e. The highest BCUT2D eigenvalue weighted by atomic mass is 35.5. The minimum absolute atomic E-state index is 0.103. The highest BCUT2D eigenvalue weighted by Crippen LogP contribution is 2.31. The van der Waals surface area contributed by atoms with Crippen LogP contribution in [0.2, 0.25) is 5.15 Å². The number of nitrogens with zero attached hydrogens (tertiary/aromatic N) is 6. The lowest BCUT2D eigenvalue weighted by Gasteiger charge is -2.35. The molecule has 1 aromatic carbocycles. The van der Waals surface area contributed by atoms with Gasteiger partial charge in [-0.15, -0.1) is 0 Å². The molecule has 3 fully saturated rings. The van der Waals surface area contributed by atoms with Crippen molar-refractivity contribution in [3.05, 3.63) is 47.1 Å². The number of aromatic nitrogens is 2. The van der Waals surface area contributed by atoms with Gasteiger partial charge in [-0.2, -0.15) is 0 Å². The van der Waals surface area contributed by atoms with Crippen molar-refractivity contribution in [2.75, 3.05) is 63.0 Å². The van der Waals surface area contributed by atoms with Crippen LogP contribution in [0.3, 0.4) is 0 Å². The van der Waals surface area contributed by atoms with E-state index in [1.807, 2.05) is 15.9 Å². The van der Waals surface area contributed by atoms with Crippen LogP contribution in [0.4, 0.5) is 5.82 Å². The molecule has 1 saturated carbocycles. The van der Waals surface area contributed by atoms with E-state index in [4.69, 9.17) is 11.6 Å². The summed E-state index contributed by atoms with van der Waals surface area (Å²) in [5.41, 5.74) is 1.30. The van der Waals surface area contributed by atoms with Crippen LogP contribution < -0.4 is 4.90 Å². The third-order valence-corrected chi connectivity index (χ3v) is 7.83. The molecule has 0 spiro atoms. The van der Waals surface area contributed by atoms with Crippen LogP contribution in [0, 0.1) is 5.92 Å². The fourth-order valence-corrected chi connectivity index (χ4v) is 5.55. The molecule has 3 heterocycles. The number of thioether (sulfide) groups is 1. The lowest BCUT2D eigenvalue weighted by molar-refractivity contribution is -0.133. The van der Waals surface area contributed by atoms with E-state index in [0.717, 1.165) is 64.5 Å². The molecule has 1 aromatic heterocycles. The second-order valence-electron chi connectivity index (χ2n) is 9.35. The summed E-state index contributed by atoms with van der Waals surface area (Å²) in [5, 5.41) is 0.885. The number of rotatable bonds is 7. The average Bonchev–Trinajstić information content (AvgIpc) is 3.73. The second kappa shape index (κ2) is 11.1. The molecule has 0 N–H and O–H groups in total. The first kappa shape index (κ1) is 24.3. The standard InChI is InChI=1S/C25H31ClN6O2S/c26-21-16-22(30-12-14-32(15-13-30)24(34)20-6-7-20)28-25(27-21)35-18-23(33)31-10-8-29(9-11-31)17-19-4-2-1-3-5-19/h1-5,16,20H,6-15,17-18H2. The van der Waals surface area contributed by atoms with Gasteiger partial charge in [-0.25, -0.2) is 9.97 Å². The molecule has 3 aliphatic rings. The third-order valence-electron chi connectivity index (χ3n) is 6.80. The van der Waals surface area contributed by atoms with Gasteiger partial charge in [-0.3, -0.25) is 14.5 Å². The number of carbonyl (C=O) groups is 2. The van der Waals surface area contributed by atoms with E-state index >= 15 is 0 Å². The monoisotopic (exact) mass is 514 g/mol. The molecule has 0 unspecified atom stereocenters. The summed E-state index contributed by atoms with van der Waals surface area (Å²) < 4.78 is 0. The predicted molar refractivity (Wildman–Crippen MR) is 138 cm³/mol. The van der Waals surface area contributed by atoms with E-state index < -0.39 is 0 Å². The number of halogens is 1. The van der Waals surface area contributed by atoms with Gasteiger partial charge in [0.2, 0.25) is 11.8 Å². The van der Waals surface area contributed by atoms with Gasteiger partial charge >= 0.3 is 0 Å². The number of hydrogen-bond acceptors (Lipinski definition) is 7. The first-order valence-corrected chi connectivity index (χ1v) is 13.7. The van der Waals surface area contributed by atoms with Gasteiger partial charge in [-0.05, 0) is 18.4 Å². The molecule has 10 heteroatoms. The molecule has 1 aliphatic carbocycles. The van der Waals surface area contributed by atoms with Crippen LogP contribution >= 0.6 is 23.4 Å². The Balaban J connectivity index is 1.09. The van der Waals surface area contributed by atoms with Gasteiger partial charge in [0.05, 0.1) is 5.75 Å². The molecule has 0 bridgehead atoms. The van der Waals surface area contributed by atoms with Crippen LogP contribution in [0.15, 0.2) is 41.6 Å². The molecule has 2 saturated heterocycles. The molecule has 2 amide bonds. The quantitative estimate of drug-likeness (QED) is 0.319. The Bertz CT molecular complexity index is 1040. The zero-order chi connectivity index (χ0) is 24.2. The zero-order valence-corrected chi connectivity index (χ0v) is 21.4. The van der Waals surface area contributed by atoms with Crippen molar-refractivity contribution in [3.8, 4) is 0 Å². The number of piperazine rings is 2. The van der Waals surface area contributed by atoms with Crippen molar-refractivity contribution < 1.29 is 9.59 Å². The molecule has 2 aromatic rings. The first-order chi connectivity index (χ1) is 17.0. The van der Waals surface area contributed by atoms with Crippen LogP contribution in [0.25, 0.3) is 0 Å². The lowest BCUT2D eigenvalue weighted by Crippen LogP contribution is -2.49. The smallest absolute Gasteiger partial charge is 0.233 e. The lowest BCUT2D eigenvalue weighted by atomic mass is 10.2. The van der Waals surface area contributed by atoms with Crippen LogP contribution in [-0.4, -0.2) is 94.6 Å². The van der Waals surface area contributed by atoms with Gasteiger partial charge in [0.1, 0.15) is 11.0 Å². The Morgan fingerprint density at radius 2 is 1.60 bits per heavy atom. The Hall–Kier alpha value is -2.36. The normalized spacial score (nSPS) is 19.2. The molecule has 186 valence electrons. The van der Waals surface area contributed by atoms with E-state index in [-0.39, 0.29) is 11.8 Å². The molecular weight excluding hydrogens is 484 g/mol. The minimum atomic E-state index is 0.103. The maximum absolute atomic E-state index is 12.8. The van der Waals surface area contributed by atoms with Crippen molar-refractivity contribution in [2.45, 2.75) is 24.5 Å². The molecule has 5 rings (SSSR count). The van der Waals surface area contributed by atoms with Gasteiger partial charge < -0.3 is 14.7 Å². The van der Waals surface area contributed by atoms with Crippen LogP contribution in [-0.2, 0) is 16.1 Å². The van der Waals surface area contributed by atoms with Crippen LogP contribution in [0.1, 0.15) is 18.4 Å². The highest BCUT2D eigenvalue weighted by molar-refractivity contribution is 7.99. The Labute approximate surface area is 215 Å². The molecule has 35 heavy (non-hydrogen) atoms. The largest absolute Gasteiger partial charge is 0.353 e. The fraction of sp³-hybridized carbons (Fsp3) is 0.520. The molecule has 0 atom stereocenters. The highest BCUT2D eigenvalue weighted by Gasteiger charge is 2.34. The third kappa shape index (κ3) is 6.45. The molecule has 0 radical (unpaired) electrons.